The molecule has 0 saturated heterocycles. The van der Waals surface area contributed by atoms with Crippen molar-refractivity contribution < 1.29 is 1.43 Å². The van der Waals surface area contributed by atoms with E-state index in [2.05, 4.69) is 73.7 Å². The number of rotatable bonds is 3. The third kappa shape index (κ3) is 2.47. The average Bonchev–Trinajstić information content (AvgIpc) is 3.45. The lowest BCUT2D eigenvalue weighted by molar-refractivity contribution is 0.631. The summed E-state index contributed by atoms with van der Waals surface area (Å²) in [5.74, 6) is 1.21. The van der Waals surface area contributed by atoms with Crippen molar-refractivity contribution in [2.24, 2.45) is 21.8 Å². The van der Waals surface area contributed by atoms with E-state index in [1.807, 2.05) is 0 Å². The molecule has 3 atom stereocenters. The normalized spacial score (nSPS) is 31.7. The van der Waals surface area contributed by atoms with Crippen LogP contribution in [0.2, 0.25) is 0 Å². The van der Waals surface area contributed by atoms with Crippen LogP contribution in [0.4, 0.5) is 0 Å². The molecule has 1 heterocycles. The van der Waals surface area contributed by atoms with Crippen LogP contribution in [-0.4, -0.2) is 23.5 Å². The van der Waals surface area contributed by atoms with Gasteiger partial charge in [0.15, 0.2) is 0 Å². The largest absolute Gasteiger partial charge is 0.278 e. The fraction of sp³-hybridized carbons (Fsp3) is 0.333. The van der Waals surface area contributed by atoms with Gasteiger partial charge in [0, 0.05) is 12.9 Å². The van der Waals surface area contributed by atoms with Crippen LogP contribution in [0.15, 0.2) is 87.9 Å². The Balaban J connectivity index is 0.00000180. The first-order valence-electron chi connectivity index (χ1n) is 9.77. The number of aliphatic imine (C=N–C) groups is 2. The maximum atomic E-state index is 5.36. The maximum absolute atomic E-state index is 5.36. The molecule has 1 aromatic carbocycles. The monoisotopic (exact) mass is 342 g/mol. The Labute approximate surface area is 156 Å². The molecule has 1 saturated carbocycles. The van der Waals surface area contributed by atoms with Crippen LogP contribution in [0.1, 0.15) is 33.2 Å². The summed E-state index contributed by atoms with van der Waals surface area (Å²) in [6.07, 6.45) is 17.1. The minimum Gasteiger partial charge on any atom is -0.278 e. The topological polar surface area (TPSA) is 24.7 Å². The van der Waals surface area contributed by atoms with Crippen LogP contribution < -0.4 is 0 Å². The van der Waals surface area contributed by atoms with Crippen molar-refractivity contribution in [2.75, 3.05) is 6.54 Å². The lowest BCUT2D eigenvalue weighted by Gasteiger charge is -2.18. The molecule has 132 valence electrons. The molecule has 0 radical (unpaired) electrons. The van der Waals surface area contributed by atoms with E-state index in [0.717, 1.165) is 30.8 Å². The second-order valence-electron chi connectivity index (χ2n) is 7.73. The minimum absolute atomic E-state index is 0. The number of allylic oxidation sites excluding steroid dienone is 6. The molecular formula is C24H26N2. The van der Waals surface area contributed by atoms with Crippen molar-refractivity contribution in [3.8, 4) is 0 Å². The van der Waals surface area contributed by atoms with Crippen molar-refractivity contribution in [1.82, 2.24) is 0 Å². The van der Waals surface area contributed by atoms with Crippen molar-refractivity contribution in [2.45, 2.75) is 31.7 Å². The summed E-state index contributed by atoms with van der Waals surface area (Å²) in [5.41, 5.74) is 5.89. The first kappa shape index (κ1) is 15.7. The standard InChI is InChI=1S/C24H24N2.H2/c1-2-17-11-13-19(14-12-17)22-23(18-7-4-3-5-8-18)26-24-15-20(24)9-6-10-21(24)16-25-22;/h3-11,13-14,17,20H,2,12,15-16H2,1H3;1H. The molecule has 1 spiro atoms. The Kier molecular flexibility index (Phi) is 3.66. The first-order chi connectivity index (χ1) is 12.8. The Morgan fingerprint density at radius 1 is 1.15 bits per heavy atom. The Morgan fingerprint density at radius 3 is 2.81 bits per heavy atom. The van der Waals surface area contributed by atoms with Gasteiger partial charge >= 0.3 is 0 Å². The van der Waals surface area contributed by atoms with Crippen LogP contribution in [0, 0.1) is 11.8 Å². The highest BCUT2D eigenvalue weighted by atomic mass is 15.0. The highest BCUT2D eigenvalue weighted by Gasteiger charge is 2.57. The molecule has 3 aliphatic carbocycles. The lowest BCUT2D eigenvalue weighted by Crippen LogP contribution is -2.22. The fourth-order valence-electron chi connectivity index (χ4n) is 4.37. The van der Waals surface area contributed by atoms with Crippen molar-refractivity contribution in [3.05, 3.63) is 83.5 Å². The summed E-state index contributed by atoms with van der Waals surface area (Å²) in [6, 6.07) is 10.6. The number of hydrogen-bond donors (Lipinski definition) is 0. The van der Waals surface area contributed by atoms with Crippen molar-refractivity contribution in [1.29, 1.82) is 0 Å². The third-order valence-electron chi connectivity index (χ3n) is 6.16. The van der Waals surface area contributed by atoms with Gasteiger partial charge in [-0.2, -0.15) is 0 Å². The molecule has 3 unspecified atom stereocenters. The lowest BCUT2D eigenvalue weighted by atomic mass is 9.90. The van der Waals surface area contributed by atoms with E-state index < -0.39 is 0 Å². The second-order valence-corrected chi connectivity index (χ2v) is 7.73. The molecule has 1 aromatic rings. The van der Waals surface area contributed by atoms with Crippen LogP contribution in [0.5, 0.6) is 0 Å². The zero-order valence-corrected chi connectivity index (χ0v) is 15.2. The fourth-order valence-corrected chi connectivity index (χ4v) is 4.37. The summed E-state index contributed by atoms with van der Waals surface area (Å²) in [7, 11) is 0. The van der Waals surface area contributed by atoms with Crippen LogP contribution >= 0.6 is 0 Å². The van der Waals surface area contributed by atoms with Crippen molar-refractivity contribution in [3.63, 3.8) is 0 Å². The van der Waals surface area contributed by atoms with Crippen molar-refractivity contribution >= 4 is 11.4 Å². The van der Waals surface area contributed by atoms with E-state index in [1.165, 1.54) is 23.1 Å². The van der Waals surface area contributed by atoms with E-state index in [9.17, 15) is 0 Å². The minimum atomic E-state index is -0.0317. The smallest absolute Gasteiger partial charge is 0.0915 e. The van der Waals surface area contributed by atoms with E-state index in [4.69, 9.17) is 9.98 Å². The molecule has 0 N–H and O–H groups in total. The molecule has 0 amide bonds. The second kappa shape index (κ2) is 6.05. The van der Waals surface area contributed by atoms with Crippen LogP contribution in [-0.2, 0) is 0 Å². The van der Waals surface area contributed by atoms with Gasteiger partial charge in [0.05, 0.1) is 23.5 Å². The predicted molar refractivity (Wildman–Crippen MR) is 111 cm³/mol. The summed E-state index contributed by atoms with van der Waals surface area (Å²) >= 11 is 0. The first-order valence-corrected chi connectivity index (χ1v) is 9.77. The maximum Gasteiger partial charge on any atom is 0.0915 e. The van der Waals surface area contributed by atoms with E-state index >= 15 is 0 Å². The molecule has 0 aromatic heterocycles. The molecule has 1 fully saturated rings. The van der Waals surface area contributed by atoms with Gasteiger partial charge in [0.1, 0.15) is 0 Å². The number of benzene rings is 1. The van der Waals surface area contributed by atoms with Crippen LogP contribution in [0.25, 0.3) is 0 Å². The molecular weight excluding hydrogens is 316 g/mol. The van der Waals surface area contributed by atoms with Gasteiger partial charge in [-0.15, -0.1) is 0 Å². The van der Waals surface area contributed by atoms with E-state index in [1.54, 1.807) is 0 Å². The van der Waals surface area contributed by atoms with Gasteiger partial charge in [0.25, 0.3) is 0 Å². The SMILES string of the molecule is CCC1C=CC(C2=NCC3=CC=CC4CC34N=C2c2ccccc2)=CC1.[HH]. The molecule has 1 aliphatic heterocycles. The van der Waals surface area contributed by atoms with Gasteiger partial charge in [-0.25, -0.2) is 0 Å². The zero-order chi connectivity index (χ0) is 17.6. The molecule has 4 aliphatic rings. The molecule has 2 nitrogen and oxygen atoms in total. The highest BCUT2D eigenvalue weighted by Crippen LogP contribution is 2.56. The molecule has 2 heteroatoms. The Hall–Kier alpha value is -2.48. The quantitative estimate of drug-likeness (QED) is 0.708. The van der Waals surface area contributed by atoms with Crippen LogP contribution in [0.3, 0.4) is 0 Å². The molecule has 26 heavy (non-hydrogen) atoms. The number of hydrogen-bond acceptors (Lipinski definition) is 2. The summed E-state index contributed by atoms with van der Waals surface area (Å²) in [5, 5.41) is 0. The zero-order valence-electron chi connectivity index (χ0n) is 15.2. The molecule has 0 bridgehead atoms. The van der Waals surface area contributed by atoms with E-state index in [-0.39, 0.29) is 6.97 Å². The van der Waals surface area contributed by atoms with Gasteiger partial charge in [0.2, 0.25) is 0 Å². The number of nitrogens with zero attached hydrogens (tertiary/aromatic N) is 2. The molecule has 5 rings (SSSR count). The average molecular weight is 342 g/mol. The Morgan fingerprint density at radius 2 is 2.04 bits per heavy atom. The summed E-state index contributed by atoms with van der Waals surface area (Å²) in [4.78, 5) is 10.4. The summed E-state index contributed by atoms with van der Waals surface area (Å²) in [6.45, 7) is 3.02. The summed E-state index contributed by atoms with van der Waals surface area (Å²) < 4.78 is 0. The third-order valence-corrected chi connectivity index (χ3v) is 6.16. The van der Waals surface area contributed by atoms with Gasteiger partial charge in [-0.3, -0.25) is 9.98 Å². The van der Waals surface area contributed by atoms with Gasteiger partial charge in [-0.05, 0) is 36.3 Å². The van der Waals surface area contributed by atoms with Gasteiger partial charge in [-0.1, -0.05) is 73.7 Å². The van der Waals surface area contributed by atoms with E-state index in [0.29, 0.717) is 11.8 Å². The van der Waals surface area contributed by atoms with Gasteiger partial charge < -0.3 is 0 Å². The highest BCUT2D eigenvalue weighted by molar-refractivity contribution is 6.54. The Bertz CT molecular complexity index is 917. The predicted octanol–water partition coefficient (Wildman–Crippen LogP) is 5.34.